The van der Waals surface area contributed by atoms with Crippen LogP contribution in [0, 0.1) is 0 Å². The molecule has 2 saturated heterocycles. The van der Waals surface area contributed by atoms with Gasteiger partial charge >= 0.3 is 0 Å². The van der Waals surface area contributed by atoms with Gasteiger partial charge in [0, 0.05) is 71.0 Å². The summed E-state index contributed by atoms with van der Waals surface area (Å²) >= 11 is 0. The molecule has 41 heavy (non-hydrogen) atoms. The van der Waals surface area contributed by atoms with Crippen LogP contribution in [0.5, 0.6) is 5.75 Å². The van der Waals surface area contributed by atoms with Crippen LogP contribution in [0.1, 0.15) is 34.1 Å². The normalized spacial score (nSPS) is 19.0. The van der Waals surface area contributed by atoms with E-state index in [9.17, 15) is 9.59 Å². The van der Waals surface area contributed by atoms with Gasteiger partial charge in [0.15, 0.2) is 0 Å². The molecular formula is C31H37N7O3. The van der Waals surface area contributed by atoms with E-state index in [1.807, 2.05) is 72.3 Å². The lowest BCUT2D eigenvalue weighted by Crippen LogP contribution is -2.49. The topological polar surface area (TPSA) is 93.3 Å². The molecule has 0 bridgehead atoms. The molecule has 6 rings (SSSR count). The molecule has 2 fully saturated rings. The molecule has 4 heterocycles. The highest BCUT2D eigenvalue weighted by Crippen LogP contribution is 2.40. The number of nitrogens with one attached hydrogen (secondary N) is 2. The highest BCUT2D eigenvalue weighted by molar-refractivity contribution is 6.13. The quantitative estimate of drug-likeness (QED) is 0.476. The van der Waals surface area contributed by atoms with Gasteiger partial charge in [0.1, 0.15) is 11.6 Å². The van der Waals surface area contributed by atoms with Gasteiger partial charge in [0.2, 0.25) is 0 Å². The Morgan fingerprint density at radius 1 is 1.02 bits per heavy atom. The first-order chi connectivity index (χ1) is 19.9. The SMILES string of the molecule is CCOc1cc(C(=O)N2CC[C@@H](N3CCNCC3)C2)ccc1Nc1cc2c(cn1)N(C)C(=O)c1ccccc1N2C. The second-order valence-electron chi connectivity index (χ2n) is 10.7. The van der Waals surface area contributed by atoms with Crippen LogP contribution in [0.2, 0.25) is 0 Å². The minimum absolute atomic E-state index is 0.0336. The van der Waals surface area contributed by atoms with Crippen LogP contribution in [-0.4, -0.2) is 92.6 Å². The van der Waals surface area contributed by atoms with Gasteiger partial charge in [-0.3, -0.25) is 14.5 Å². The number of para-hydroxylation sites is 1. The summed E-state index contributed by atoms with van der Waals surface area (Å²) in [5, 5.41) is 6.78. The average Bonchev–Trinajstić information content (AvgIpc) is 3.49. The average molecular weight is 556 g/mol. The predicted octanol–water partition coefficient (Wildman–Crippen LogP) is 3.70. The molecule has 3 aliphatic heterocycles. The van der Waals surface area contributed by atoms with Gasteiger partial charge in [-0.2, -0.15) is 0 Å². The van der Waals surface area contributed by atoms with Crippen molar-refractivity contribution in [2.45, 2.75) is 19.4 Å². The number of amides is 2. The van der Waals surface area contributed by atoms with Crippen molar-refractivity contribution in [1.29, 1.82) is 0 Å². The predicted molar refractivity (Wildman–Crippen MR) is 161 cm³/mol. The van der Waals surface area contributed by atoms with Crippen LogP contribution in [0.4, 0.5) is 28.6 Å². The van der Waals surface area contributed by atoms with E-state index in [0.29, 0.717) is 35.3 Å². The minimum atomic E-state index is -0.0788. The standard InChI is InChI=1S/C31H37N7O3/c1-4-41-28-17-21(30(39)38-14-11-22(20-38)37-15-12-32-13-16-37)9-10-24(28)34-29-18-26-27(19-33-29)36(3)31(40)23-7-5-6-8-25(23)35(26)2/h5-10,17-19,22,32H,4,11-16,20H2,1-3H3,(H,33,34)/t22-/m1/s1. The number of ether oxygens (including phenoxy) is 1. The largest absolute Gasteiger partial charge is 0.492 e. The molecular weight excluding hydrogens is 518 g/mol. The maximum atomic E-state index is 13.5. The van der Waals surface area contributed by atoms with E-state index in [1.54, 1.807) is 18.1 Å². The lowest BCUT2D eigenvalue weighted by atomic mass is 10.1. The van der Waals surface area contributed by atoms with Crippen LogP contribution in [-0.2, 0) is 0 Å². The van der Waals surface area contributed by atoms with Gasteiger partial charge in [-0.15, -0.1) is 0 Å². The molecule has 0 unspecified atom stereocenters. The molecule has 2 N–H and O–H groups in total. The summed E-state index contributed by atoms with van der Waals surface area (Å²) in [5.41, 5.74) is 4.37. The highest BCUT2D eigenvalue weighted by Gasteiger charge is 2.32. The molecule has 0 saturated carbocycles. The van der Waals surface area contributed by atoms with Gasteiger partial charge in [0.25, 0.3) is 11.8 Å². The second-order valence-corrected chi connectivity index (χ2v) is 10.7. The summed E-state index contributed by atoms with van der Waals surface area (Å²) in [6, 6.07) is 15.5. The van der Waals surface area contributed by atoms with Crippen LogP contribution < -0.4 is 25.2 Å². The Morgan fingerprint density at radius 3 is 2.63 bits per heavy atom. The Morgan fingerprint density at radius 2 is 1.83 bits per heavy atom. The third-order valence-corrected chi connectivity index (χ3v) is 8.29. The molecule has 0 aliphatic carbocycles. The number of carbonyl (C=O) groups excluding carboxylic acids is 2. The van der Waals surface area contributed by atoms with Crippen LogP contribution in [0.25, 0.3) is 0 Å². The molecule has 1 aromatic heterocycles. The third kappa shape index (κ3) is 5.20. The summed E-state index contributed by atoms with van der Waals surface area (Å²) in [6.07, 6.45) is 2.71. The van der Waals surface area contributed by atoms with Crippen molar-refractivity contribution < 1.29 is 14.3 Å². The van der Waals surface area contributed by atoms with Crippen molar-refractivity contribution in [3.8, 4) is 5.75 Å². The Labute approximate surface area is 240 Å². The first kappa shape index (κ1) is 27.0. The summed E-state index contributed by atoms with van der Waals surface area (Å²) < 4.78 is 5.97. The fourth-order valence-electron chi connectivity index (χ4n) is 6.03. The zero-order valence-electron chi connectivity index (χ0n) is 23.9. The number of likely N-dealkylation sites (tertiary alicyclic amines) is 1. The number of hydrogen-bond donors (Lipinski definition) is 2. The van der Waals surface area contributed by atoms with Crippen molar-refractivity contribution in [2.24, 2.45) is 0 Å². The van der Waals surface area contributed by atoms with E-state index in [2.05, 4.69) is 20.5 Å². The smallest absolute Gasteiger partial charge is 0.260 e. The third-order valence-electron chi connectivity index (χ3n) is 8.29. The molecule has 10 heteroatoms. The molecule has 3 aromatic rings. The van der Waals surface area contributed by atoms with Crippen molar-refractivity contribution in [3.05, 3.63) is 65.9 Å². The van der Waals surface area contributed by atoms with Crippen molar-refractivity contribution in [3.63, 3.8) is 0 Å². The number of aromatic nitrogens is 1. The van der Waals surface area contributed by atoms with Gasteiger partial charge in [-0.1, -0.05) is 12.1 Å². The molecule has 2 aromatic carbocycles. The summed E-state index contributed by atoms with van der Waals surface area (Å²) in [4.78, 5) is 39.3. The van der Waals surface area contributed by atoms with E-state index in [-0.39, 0.29) is 11.8 Å². The van der Waals surface area contributed by atoms with E-state index in [4.69, 9.17) is 4.74 Å². The molecule has 2 amide bonds. The first-order valence-corrected chi connectivity index (χ1v) is 14.3. The van der Waals surface area contributed by atoms with Crippen molar-refractivity contribution in [1.82, 2.24) is 20.1 Å². The number of carbonyl (C=O) groups is 2. The summed E-state index contributed by atoms with van der Waals surface area (Å²) in [5.74, 6) is 1.16. The highest BCUT2D eigenvalue weighted by atomic mass is 16.5. The zero-order chi connectivity index (χ0) is 28.5. The lowest BCUT2D eigenvalue weighted by Gasteiger charge is -2.32. The van der Waals surface area contributed by atoms with E-state index >= 15 is 0 Å². The number of fused-ring (bicyclic) bond motifs is 2. The monoisotopic (exact) mass is 555 g/mol. The molecule has 214 valence electrons. The summed E-state index contributed by atoms with van der Waals surface area (Å²) in [6.45, 7) is 8.00. The number of hydrogen-bond acceptors (Lipinski definition) is 8. The molecule has 3 aliphatic rings. The van der Waals surface area contributed by atoms with Crippen molar-refractivity contribution >= 4 is 40.4 Å². The number of benzene rings is 2. The van der Waals surface area contributed by atoms with E-state index < -0.39 is 0 Å². The maximum absolute atomic E-state index is 13.5. The fraction of sp³-hybridized carbons (Fsp3) is 0.387. The molecule has 10 nitrogen and oxygen atoms in total. The van der Waals surface area contributed by atoms with Gasteiger partial charge in [-0.05, 0) is 43.7 Å². The second kappa shape index (κ2) is 11.4. The number of anilines is 5. The first-order valence-electron chi connectivity index (χ1n) is 14.3. The number of piperazine rings is 1. The summed E-state index contributed by atoms with van der Waals surface area (Å²) in [7, 11) is 3.71. The number of pyridine rings is 1. The Bertz CT molecular complexity index is 1460. The minimum Gasteiger partial charge on any atom is -0.492 e. The number of nitrogens with zero attached hydrogens (tertiary/aromatic N) is 5. The lowest BCUT2D eigenvalue weighted by molar-refractivity contribution is 0.0773. The van der Waals surface area contributed by atoms with Crippen LogP contribution in [0.3, 0.4) is 0 Å². The van der Waals surface area contributed by atoms with Gasteiger partial charge in [-0.25, -0.2) is 4.98 Å². The Kier molecular flexibility index (Phi) is 7.51. The number of rotatable bonds is 6. The zero-order valence-corrected chi connectivity index (χ0v) is 23.9. The molecule has 1 atom stereocenters. The van der Waals surface area contributed by atoms with Gasteiger partial charge in [0.05, 0.1) is 41.1 Å². The molecule has 0 spiro atoms. The van der Waals surface area contributed by atoms with E-state index in [0.717, 1.165) is 68.4 Å². The fourth-order valence-corrected chi connectivity index (χ4v) is 6.03. The Hall–Kier alpha value is -4.15. The van der Waals surface area contributed by atoms with Crippen LogP contribution >= 0.6 is 0 Å². The van der Waals surface area contributed by atoms with E-state index in [1.165, 1.54) is 0 Å². The van der Waals surface area contributed by atoms with Crippen molar-refractivity contribution in [2.75, 3.05) is 75.1 Å². The maximum Gasteiger partial charge on any atom is 0.260 e. The molecule has 0 radical (unpaired) electrons. The van der Waals surface area contributed by atoms with Crippen LogP contribution in [0.15, 0.2) is 54.7 Å². The van der Waals surface area contributed by atoms with Gasteiger partial charge < -0.3 is 30.1 Å². The Balaban J connectivity index is 1.23.